The Morgan fingerprint density at radius 2 is 1.85 bits per heavy atom. The number of urea groups is 1. The Labute approximate surface area is 238 Å². The van der Waals surface area contributed by atoms with Gasteiger partial charge in [-0.2, -0.15) is 0 Å². The van der Waals surface area contributed by atoms with Gasteiger partial charge in [-0.15, -0.1) is 0 Å². The number of carbonyl (C=O) groups is 2. The average molecular weight is 567 g/mol. The Hall–Kier alpha value is -3.98. The minimum absolute atomic E-state index is 0.197. The molecule has 212 valence electrons. The third-order valence-corrected chi connectivity index (χ3v) is 7.84. The lowest BCUT2D eigenvalue weighted by Crippen LogP contribution is -2.37. The van der Waals surface area contributed by atoms with E-state index in [0.717, 1.165) is 42.0 Å². The smallest absolute Gasteiger partial charge is 0.319 e. The number of nitrogens with one attached hydrogen (secondary N) is 2. The van der Waals surface area contributed by atoms with Crippen molar-refractivity contribution in [2.45, 2.75) is 59.0 Å². The lowest BCUT2D eigenvalue weighted by Gasteiger charge is -2.24. The first-order valence-electron chi connectivity index (χ1n) is 13.5. The Bertz CT molecular complexity index is 1460. The maximum Gasteiger partial charge on any atom is 0.319 e. The van der Waals surface area contributed by atoms with Crippen molar-refractivity contribution in [3.63, 3.8) is 0 Å². The first-order valence-corrected chi connectivity index (χ1v) is 13.9. The number of hydrogen-bond acceptors (Lipinski definition) is 5. The Morgan fingerprint density at radius 3 is 2.52 bits per heavy atom. The number of rotatable bonds is 10. The number of halogens is 1. The van der Waals surface area contributed by atoms with Gasteiger partial charge in [0, 0.05) is 35.1 Å². The topological polar surface area (TPSA) is 124 Å². The summed E-state index contributed by atoms with van der Waals surface area (Å²) in [5.74, 6) is -1.34. The van der Waals surface area contributed by atoms with Crippen molar-refractivity contribution >= 4 is 35.0 Å². The molecule has 3 aromatic rings. The van der Waals surface area contributed by atoms with Gasteiger partial charge in [0.1, 0.15) is 5.75 Å². The fourth-order valence-electron chi connectivity index (χ4n) is 5.36. The highest BCUT2D eigenvalue weighted by atomic mass is 35.5. The molecule has 0 unspecified atom stereocenters. The molecule has 0 saturated carbocycles. The monoisotopic (exact) mass is 566 g/mol. The minimum atomic E-state index is -1.09. The number of aromatic nitrogens is 1. The van der Waals surface area contributed by atoms with E-state index in [1.54, 1.807) is 16.7 Å². The normalized spacial score (nSPS) is 13.0. The van der Waals surface area contributed by atoms with Gasteiger partial charge in [0.2, 0.25) is 0 Å². The molecule has 10 heteroatoms. The molecule has 2 aromatic carbocycles. The molecule has 4 rings (SSSR count). The standard InChI is InChI=1S/C30H35ClN4O5/c1-4-34(5-2)20-11-7-10-19(15-20)24(16-26(36)37)32-30(40)33-27-28(38)21-12-8-14-25(21)35(29(27)39)17-22-18(3)9-6-13-23(22)31/h6-7,9-11,13,15,24,38H,4-5,8,12,14,16-17H2,1-3H3,(H,36,37)(H2,32,33,40)/t24-/m0/s1. The molecule has 1 aliphatic carbocycles. The number of carboxylic acid groups (broad SMARTS) is 1. The maximum absolute atomic E-state index is 13.6. The van der Waals surface area contributed by atoms with Crippen molar-refractivity contribution in [2.75, 3.05) is 23.3 Å². The second-order valence-corrected chi connectivity index (χ2v) is 10.4. The number of carbonyl (C=O) groups excluding carboxylic acids is 1. The van der Waals surface area contributed by atoms with Crippen LogP contribution in [-0.2, 0) is 24.2 Å². The van der Waals surface area contributed by atoms with Crippen LogP contribution in [0.4, 0.5) is 16.2 Å². The van der Waals surface area contributed by atoms with Crippen LogP contribution >= 0.6 is 11.6 Å². The summed E-state index contributed by atoms with van der Waals surface area (Å²) in [4.78, 5) is 40.6. The van der Waals surface area contributed by atoms with E-state index < -0.39 is 23.6 Å². The second-order valence-electron chi connectivity index (χ2n) is 9.95. The summed E-state index contributed by atoms with van der Waals surface area (Å²) >= 11 is 6.45. The molecule has 1 aliphatic rings. The first-order chi connectivity index (χ1) is 19.1. The summed E-state index contributed by atoms with van der Waals surface area (Å²) in [6, 6.07) is 11.2. The number of pyridine rings is 1. The number of aryl methyl sites for hydroxylation is 1. The van der Waals surface area contributed by atoms with Crippen molar-refractivity contribution in [2.24, 2.45) is 0 Å². The second kappa shape index (κ2) is 12.5. The minimum Gasteiger partial charge on any atom is -0.505 e. The highest BCUT2D eigenvalue weighted by Crippen LogP contribution is 2.34. The Balaban J connectivity index is 1.66. The first kappa shape index (κ1) is 29.0. The van der Waals surface area contributed by atoms with Gasteiger partial charge < -0.3 is 30.3 Å². The summed E-state index contributed by atoms with van der Waals surface area (Å²) in [7, 11) is 0. The third kappa shape index (κ3) is 6.09. The van der Waals surface area contributed by atoms with Gasteiger partial charge in [-0.3, -0.25) is 9.59 Å². The van der Waals surface area contributed by atoms with Gasteiger partial charge in [-0.25, -0.2) is 4.79 Å². The van der Waals surface area contributed by atoms with Gasteiger partial charge in [-0.05, 0) is 74.9 Å². The van der Waals surface area contributed by atoms with Crippen LogP contribution in [0.25, 0.3) is 0 Å². The van der Waals surface area contributed by atoms with E-state index >= 15 is 0 Å². The van der Waals surface area contributed by atoms with Crippen LogP contribution < -0.4 is 21.1 Å². The molecule has 4 N–H and O–H groups in total. The number of anilines is 2. The highest BCUT2D eigenvalue weighted by Gasteiger charge is 2.27. The molecule has 1 aromatic heterocycles. The quantitative estimate of drug-likeness (QED) is 0.266. The largest absolute Gasteiger partial charge is 0.505 e. The fourth-order valence-corrected chi connectivity index (χ4v) is 5.64. The van der Waals surface area contributed by atoms with E-state index in [4.69, 9.17) is 11.6 Å². The highest BCUT2D eigenvalue weighted by molar-refractivity contribution is 6.31. The van der Waals surface area contributed by atoms with Crippen LogP contribution in [0.1, 0.15) is 60.7 Å². The molecule has 1 heterocycles. The summed E-state index contributed by atoms with van der Waals surface area (Å²) < 4.78 is 1.56. The van der Waals surface area contributed by atoms with E-state index in [0.29, 0.717) is 29.0 Å². The lowest BCUT2D eigenvalue weighted by atomic mass is 10.0. The number of aliphatic carboxylic acids is 1. The van der Waals surface area contributed by atoms with Crippen molar-refractivity contribution in [3.05, 3.63) is 85.8 Å². The van der Waals surface area contributed by atoms with E-state index in [2.05, 4.69) is 15.5 Å². The van der Waals surface area contributed by atoms with Gasteiger partial charge in [0.15, 0.2) is 5.69 Å². The summed E-state index contributed by atoms with van der Waals surface area (Å²) in [5, 5.41) is 26.3. The Kier molecular flexibility index (Phi) is 9.04. The molecule has 0 aliphatic heterocycles. The average Bonchev–Trinajstić information content (AvgIpc) is 3.41. The SMILES string of the molecule is CCN(CC)c1cccc([C@H](CC(=O)O)NC(=O)Nc2c(O)c3c(n(Cc4c(C)cccc4Cl)c2=O)CCC3)c1. The molecule has 0 saturated heterocycles. The van der Waals surface area contributed by atoms with Gasteiger partial charge in [0.05, 0.1) is 19.0 Å². The molecular weight excluding hydrogens is 532 g/mol. The van der Waals surface area contributed by atoms with E-state index in [9.17, 15) is 24.6 Å². The summed E-state index contributed by atoms with van der Waals surface area (Å²) in [6.07, 6.45) is 1.60. The van der Waals surface area contributed by atoms with Crippen LogP contribution in [0, 0.1) is 6.92 Å². The predicted molar refractivity (Wildman–Crippen MR) is 157 cm³/mol. The van der Waals surface area contributed by atoms with E-state index in [-0.39, 0.29) is 24.4 Å². The number of amides is 2. The van der Waals surface area contributed by atoms with Crippen molar-refractivity contribution in [1.82, 2.24) is 9.88 Å². The molecule has 0 fully saturated rings. The predicted octanol–water partition coefficient (Wildman–Crippen LogP) is 5.24. The van der Waals surface area contributed by atoms with Gasteiger partial charge >= 0.3 is 12.0 Å². The van der Waals surface area contributed by atoms with Crippen LogP contribution in [0.3, 0.4) is 0 Å². The number of carboxylic acids is 1. The van der Waals surface area contributed by atoms with Gasteiger partial charge in [-0.1, -0.05) is 35.9 Å². The van der Waals surface area contributed by atoms with Crippen molar-refractivity contribution in [1.29, 1.82) is 0 Å². The van der Waals surface area contributed by atoms with Crippen LogP contribution in [0.2, 0.25) is 5.02 Å². The Morgan fingerprint density at radius 1 is 1.12 bits per heavy atom. The number of fused-ring (bicyclic) bond motifs is 1. The maximum atomic E-state index is 13.6. The number of aromatic hydroxyl groups is 1. The molecule has 40 heavy (non-hydrogen) atoms. The number of benzene rings is 2. The summed E-state index contributed by atoms with van der Waals surface area (Å²) in [5.41, 5.74) is 3.80. The summed E-state index contributed by atoms with van der Waals surface area (Å²) in [6.45, 7) is 7.71. The van der Waals surface area contributed by atoms with E-state index in [1.165, 1.54) is 0 Å². The molecule has 2 amide bonds. The zero-order chi connectivity index (χ0) is 29.0. The van der Waals surface area contributed by atoms with Crippen LogP contribution in [0.5, 0.6) is 5.75 Å². The molecule has 0 spiro atoms. The molecular formula is C30H35ClN4O5. The van der Waals surface area contributed by atoms with Crippen LogP contribution in [-0.4, -0.2) is 39.9 Å². The zero-order valence-electron chi connectivity index (χ0n) is 23.0. The third-order valence-electron chi connectivity index (χ3n) is 7.49. The fraction of sp³-hybridized carbons (Fsp3) is 0.367. The molecule has 0 radical (unpaired) electrons. The van der Waals surface area contributed by atoms with E-state index in [1.807, 2.05) is 51.1 Å². The zero-order valence-corrected chi connectivity index (χ0v) is 23.7. The number of hydrogen-bond donors (Lipinski definition) is 4. The van der Waals surface area contributed by atoms with Crippen LogP contribution in [0.15, 0.2) is 47.3 Å². The lowest BCUT2D eigenvalue weighted by molar-refractivity contribution is -0.137. The van der Waals surface area contributed by atoms with Crippen molar-refractivity contribution < 1.29 is 19.8 Å². The number of nitrogens with zero attached hydrogens (tertiary/aromatic N) is 2. The van der Waals surface area contributed by atoms with Gasteiger partial charge in [0.25, 0.3) is 5.56 Å². The molecule has 1 atom stereocenters. The molecule has 9 nitrogen and oxygen atoms in total. The molecule has 0 bridgehead atoms. The van der Waals surface area contributed by atoms with Crippen molar-refractivity contribution in [3.8, 4) is 5.75 Å².